The van der Waals surface area contributed by atoms with E-state index in [0.29, 0.717) is 6.04 Å². The molecular formula is C12H19N3O. The SMILES string of the molecule is COC[C@H]1CCCCN1c1ncccc1N. The number of hydrogen-bond acceptors (Lipinski definition) is 4. The summed E-state index contributed by atoms with van der Waals surface area (Å²) in [6.07, 6.45) is 5.42. The van der Waals surface area contributed by atoms with Gasteiger partial charge in [-0.25, -0.2) is 4.98 Å². The second-order valence-corrected chi connectivity index (χ2v) is 4.21. The van der Waals surface area contributed by atoms with Crippen molar-refractivity contribution < 1.29 is 4.74 Å². The molecule has 0 radical (unpaired) electrons. The zero-order chi connectivity index (χ0) is 11.4. The van der Waals surface area contributed by atoms with E-state index in [1.165, 1.54) is 12.8 Å². The van der Waals surface area contributed by atoms with E-state index in [4.69, 9.17) is 10.5 Å². The fourth-order valence-electron chi connectivity index (χ4n) is 2.29. The molecule has 88 valence electrons. The number of piperidine rings is 1. The smallest absolute Gasteiger partial charge is 0.152 e. The minimum absolute atomic E-state index is 0.413. The van der Waals surface area contributed by atoms with Gasteiger partial charge in [-0.1, -0.05) is 0 Å². The number of nitrogens with two attached hydrogens (primary N) is 1. The molecule has 1 aromatic heterocycles. The summed E-state index contributed by atoms with van der Waals surface area (Å²) in [7, 11) is 1.74. The summed E-state index contributed by atoms with van der Waals surface area (Å²) >= 11 is 0. The van der Waals surface area contributed by atoms with Crippen molar-refractivity contribution in [3.8, 4) is 0 Å². The predicted octanol–water partition coefficient (Wildman–Crippen LogP) is 1.67. The fraction of sp³-hybridized carbons (Fsp3) is 0.583. The van der Waals surface area contributed by atoms with E-state index in [1.54, 1.807) is 13.3 Å². The van der Waals surface area contributed by atoms with Crippen LogP contribution in [0.4, 0.5) is 11.5 Å². The van der Waals surface area contributed by atoms with Gasteiger partial charge in [-0.05, 0) is 31.4 Å². The largest absolute Gasteiger partial charge is 0.396 e. The number of rotatable bonds is 3. The van der Waals surface area contributed by atoms with Gasteiger partial charge in [-0.3, -0.25) is 0 Å². The second-order valence-electron chi connectivity index (χ2n) is 4.21. The number of nitrogen functional groups attached to an aromatic ring is 1. The summed E-state index contributed by atoms with van der Waals surface area (Å²) in [4.78, 5) is 6.66. The van der Waals surface area contributed by atoms with E-state index in [-0.39, 0.29) is 0 Å². The van der Waals surface area contributed by atoms with Crippen molar-refractivity contribution in [2.24, 2.45) is 0 Å². The highest BCUT2D eigenvalue weighted by molar-refractivity contribution is 5.62. The highest BCUT2D eigenvalue weighted by Crippen LogP contribution is 2.27. The quantitative estimate of drug-likeness (QED) is 0.843. The van der Waals surface area contributed by atoms with Crippen LogP contribution in [0.3, 0.4) is 0 Å². The predicted molar refractivity (Wildman–Crippen MR) is 65.5 cm³/mol. The highest BCUT2D eigenvalue weighted by Gasteiger charge is 2.24. The number of methoxy groups -OCH3 is 1. The molecule has 16 heavy (non-hydrogen) atoms. The average molecular weight is 221 g/mol. The van der Waals surface area contributed by atoms with E-state index in [1.807, 2.05) is 12.1 Å². The molecule has 1 aliphatic rings. The number of anilines is 2. The average Bonchev–Trinajstić information content (AvgIpc) is 2.31. The number of hydrogen-bond donors (Lipinski definition) is 1. The Morgan fingerprint density at radius 1 is 1.56 bits per heavy atom. The topological polar surface area (TPSA) is 51.4 Å². The van der Waals surface area contributed by atoms with Crippen LogP contribution in [0, 0.1) is 0 Å². The van der Waals surface area contributed by atoms with Gasteiger partial charge in [0.05, 0.1) is 18.3 Å². The third kappa shape index (κ3) is 2.27. The van der Waals surface area contributed by atoms with Gasteiger partial charge in [-0.15, -0.1) is 0 Å². The molecule has 4 nitrogen and oxygen atoms in total. The maximum absolute atomic E-state index is 5.96. The van der Waals surface area contributed by atoms with Crippen LogP contribution in [-0.4, -0.2) is 31.3 Å². The first kappa shape index (κ1) is 11.2. The molecule has 1 aliphatic heterocycles. The molecule has 0 aromatic carbocycles. The van der Waals surface area contributed by atoms with Crippen LogP contribution in [0.1, 0.15) is 19.3 Å². The molecule has 0 spiro atoms. The molecule has 0 saturated carbocycles. The van der Waals surface area contributed by atoms with E-state index in [9.17, 15) is 0 Å². The second kappa shape index (κ2) is 5.16. The summed E-state index contributed by atoms with van der Waals surface area (Å²) in [5, 5.41) is 0. The molecule has 1 fully saturated rings. The van der Waals surface area contributed by atoms with Crippen molar-refractivity contribution in [2.75, 3.05) is 30.9 Å². The third-order valence-corrected chi connectivity index (χ3v) is 3.08. The van der Waals surface area contributed by atoms with Crippen molar-refractivity contribution in [1.82, 2.24) is 4.98 Å². The van der Waals surface area contributed by atoms with Gasteiger partial charge in [0.1, 0.15) is 0 Å². The van der Waals surface area contributed by atoms with Crippen LogP contribution in [-0.2, 0) is 4.74 Å². The van der Waals surface area contributed by atoms with Crippen molar-refractivity contribution in [2.45, 2.75) is 25.3 Å². The van der Waals surface area contributed by atoms with E-state index in [2.05, 4.69) is 9.88 Å². The van der Waals surface area contributed by atoms with E-state index >= 15 is 0 Å². The Hall–Kier alpha value is -1.29. The number of nitrogens with zero attached hydrogens (tertiary/aromatic N) is 2. The zero-order valence-electron chi connectivity index (χ0n) is 9.72. The third-order valence-electron chi connectivity index (χ3n) is 3.08. The van der Waals surface area contributed by atoms with Gasteiger partial charge < -0.3 is 15.4 Å². The van der Waals surface area contributed by atoms with Gasteiger partial charge in [0.2, 0.25) is 0 Å². The van der Waals surface area contributed by atoms with Crippen molar-refractivity contribution in [3.63, 3.8) is 0 Å². The summed E-state index contributed by atoms with van der Waals surface area (Å²) in [5.41, 5.74) is 6.72. The van der Waals surface area contributed by atoms with Crippen LogP contribution in [0.25, 0.3) is 0 Å². The Labute approximate surface area is 96.4 Å². The lowest BCUT2D eigenvalue weighted by atomic mass is 10.0. The number of aromatic nitrogens is 1. The molecule has 1 saturated heterocycles. The molecule has 2 heterocycles. The van der Waals surface area contributed by atoms with Crippen molar-refractivity contribution in [1.29, 1.82) is 0 Å². The molecule has 4 heteroatoms. The molecule has 0 unspecified atom stereocenters. The van der Waals surface area contributed by atoms with Gasteiger partial charge in [0, 0.05) is 19.9 Å². The Bertz CT molecular complexity index is 341. The number of ether oxygens (including phenoxy) is 1. The molecule has 0 amide bonds. The minimum atomic E-state index is 0.413. The molecule has 0 aliphatic carbocycles. The molecule has 1 atom stereocenters. The first-order chi connectivity index (χ1) is 7.83. The minimum Gasteiger partial charge on any atom is -0.396 e. The monoisotopic (exact) mass is 221 g/mol. The van der Waals surface area contributed by atoms with E-state index < -0.39 is 0 Å². The molecule has 2 rings (SSSR count). The van der Waals surface area contributed by atoms with Crippen LogP contribution < -0.4 is 10.6 Å². The standard InChI is InChI=1S/C12H19N3O/c1-16-9-10-5-2-3-8-15(10)12-11(13)6-4-7-14-12/h4,6-7,10H,2-3,5,8-9,13H2,1H3/t10-/m1/s1. The lowest BCUT2D eigenvalue weighted by Crippen LogP contribution is -2.43. The summed E-state index contributed by atoms with van der Waals surface area (Å²) < 4.78 is 5.26. The molecule has 0 bridgehead atoms. The molecule has 2 N–H and O–H groups in total. The Kier molecular flexibility index (Phi) is 3.62. The van der Waals surface area contributed by atoms with Crippen LogP contribution in [0.15, 0.2) is 18.3 Å². The summed E-state index contributed by atoms with van der Waals surface area (Å²) in [5.74, 6) is 0.907. The highest BCUT2D eigenvalue weighted by atomic mass is 16.5. The van der Waals surface area contributed by atoms with Gasteiger partial charge in [0.15, 0.2) is 5.82 Å². The first-order valence-electron chi connectivity index (χ1n) is 5.79. The normalized spacial score (nSPS) is 21.1. The lowest BCUT2D eigenvalue weighted by Gasteiger charge is -2.36. The van der Waals surface area contributed by atoms with Gasteiger partial charge in [-0.2, -0.15) is 0 Å². The first-order valence-corrected chi connectivity index (χ1v) is 5.79. The van der Waals surface area contributed by atoms with Gasteiger partial charge in [0.25, 0.3) is 0 Å². The maximum Gasteiger partial charge on any atom is 0.152 e. The fourth-order valence-corrected chi connectivity index (χ4v) is 2.29. The van der Waals surface area contributed by atoms with Crippen LogP contribution in [0.2, 0.25) is 0 Å². The van der Waals surface area contributed by atoms with Crippen LogP contribution >= 0.6 is 0 Å². The van der Waals surface area contributed by atoms with Crippen molar-refractivity contribution >= 4 is 11.5 Å². The summed E-state index contributed by atoms with van der Waals surface area (Å²) in [6.45, 7) is 1.77. The lowest BCUT2D eigenvalue weighted by molar-refractivity contribution is 0.166. The summed E-state index contributed by atoms with van der Waals surface area (Å²) in [6, 6.07) is 4.19. The van der Waals surface area contributed by atoms with E-state index in [0.717, 1.165) is 31.1 Å². The van der Waals surface area contributed by atoms with Gasteiger partial charge >= 0.3 is 0 Å². The molecule has 1 aromatic rings. The maximum atomic E-state index is 5.96. The Morgan fingerprint density at radius 2 is 2.44 bits per heavy atom. The van der Waals surface area contributed by atoms with Crippen molar-refractivity contribution in [3.05, 3.63) is 18.3 Å². The van der Waals surface area contributed by atoms with Crippen LogP contribution in [0.5, 0.6) is 0 Å². The Balaban J connectivity index is 2.19. The number of pyridine rings is 1. The molecular weight excluding hydrogens is 202 g/mol. The zero-order valence-corrected chi connectivity index (χ0v) is 9.72. The Morgan fingerprint density at radius 3 is 3.19 bits per heavy atom.